The van der Waals surface area contributed by atoms with Crippen molar-refractivity contribution in [2.24, 2.45) is 0 Å². The van der Waals surface area contributed by atoms with Crippen LogP contribution in [0.4, 0.5) is 0 Å². The number of nitrogens with zero attached hydrogens (tertiary/aromatic N) is 4. The number of amides is 1. The van der Waals surface area contributed by atoms with Gasteiger partial charge in [-0.15, -0.1) is 10.2 Å². The Bertz CT molecular complexity index is 981. The minimum absolute atomic E-state index is 0.0686. The highest BCUT2D eigenvalue weighted by Gasteiger charge is 2.19. The third-order valence-electron chi connectivity index (χ3n) is 4.84. The van der Waals surface area contributed by atoms with Crippen LogP contribution in [0.3, 0.4) is 0 Å². The predicted octanol–water partition coefficient (Wildman–Crippen LogP) is 2.89. The molecule has 0 unspecified atom stereocenters. The number of halogens is 1. The van der Waals surface area contributed by atoms with Gasteiger partial charge in [0.1, 0.15) is 17.3 Å². The van der Waals surface area contributed by atoms with Crippen molar-refractivity contribution < 1.29 is 9.21 Å². The molecule has 7 nitrogen and oxygen atoms in total. The molecule has 0 aliphatic carbocycles. The van der Waals surface area contributed by atoms with Gasteiger partial charge in [0, 0.05) is 43.6 Å². The second kappa shape index (κ2) is 8.16. The van der Waals surface area contributed by atoms with Gasteiger partial charge in [-0.05, 0) is 24.3 Å². The summed E-state index contributed by atoms with van der Waals surface area (Å²) >= 11 is 6.07. The lowest BCUT2D eigenvalue weighted by atomic mass is 10.2. The van der Waals surface area contributed by atoms with E-state index in [2.05, 4.69) is 25.0 Å². The second-order valence-electron chi connectivity index (χ2n) is 6.90. The lowest BCUT2D eigenvalue weighted by Gasteiger charge is -2.18. The molecule has 4 rings (SSSR count). The fourth-order valence-electron chi connectivity index (χ4n) is 3.40. The van der Waals surface area contributed by atoms with Crippen LogP contribution < -0.4 is 5.32 Å². The van der Waals surface area contributed by atoms with Crippen LogP contribution in [0, 0.1) is 0 Å². The molecule has 146 valence electrons. The standard InChI is InChI=1S/C20H22ClN5O2/c1-14(27)22-12-20-24-23-19-7-8-25(9-10-26(19)20)13-17-5-6-18(28-17)15-3-2-4-16(21)11-15/h2-6,11H,7-10,12-13H2,1H3,(H,22,27). The van der Waals surface area contributed by atoms with Crippen molar-refractivity contribution in [2.45, 2.75) is 33.0 Å². The molecule has 0 fully saturated rings. The van der Waals surface area contributed by atoms with E-state index in [-0.39, 0.29) is 5.91 Å². The monoisotopic (exact) mass is 399 g/mol. The maximum absolute atomic E-state index is 11.2. The van der Waals surface area contributed by atoms with E-state index in [1.165, 1.54) is 6.92 Å². The maximum atomic E-state index is 11.2. The number of hydrogen-bond acceptors (Lipinski definition) is 5. The molecule has 3 aromatic rings. The van der Waals surface area contributed by atoms with Crippen LogP contribution in [0.15, 0.2) is 40.8 Å². The van der Waals surface area contributed by atoms with E-state index >= 15 is 0 Å². The summed E-state index contributed by atoms with van der Waals surface area (Å²) < 4.78 is 8.14. The first kappa shape index (κ1) is 18.7. The van der Waals surface area contributed by atoms with Gasteiger partial charge in [-0.1, -0.05) is 23.7 Å². The van der Waals surface area contributed by atoms with Crippen LogP contribution in [-0.2, 0) is 30.8 Å². The van der Waals surface area contributed by atoms with Crippen LogP contribution in [0.2, 0.25) is 5.02 Å². The first-order chi connectivity index (χ1) is 13.6. The Kier molecular flexibility index (Phi) is 5.45. The van der Waals surface area contributed by atoms with E-state index in [0.29, 0.717) is 11.6 Å². The lowest BCUT2D eigenvalue weighted by Crippen LogP contribution is -2.27. The van der Waals surface area contributed by atoms with Gasteiger partial charge >= 0.3 is 0 Å². The topological polar surface area (TPSA) is 76.2 Å². The Labute approximate surface area is 168 Å². The van der Waals surface area contributed by atoms with Gasteiger partial charge in [-0.3, -0.25) is 9.69 Å². The molecule has 8 heteroatoms. The molecule has 1 N–H and O–H groups in total. The minimum Gasteiger partial charge on any atom is -0.460 e. The molecule has 0 atom stereocenters. The van der Waals surface area contributed by atoms with Crippen LogP contribution in [0.1, 0.15) is 24.3 Å². The molecule has 2 aromatic heterocycles. The fraction of sp³-hybridized carbons (Fsp3) is 0.350. The molecule has 1 aliphatic heterocycles. The van der Waals surface area contributed by atoms with Gasteiger partial charge in [0.25, 0.3) is 0 Å². The van der Waals surface area contributed by atoms with Gasteiger partial charge < -0.3 is 14.3 Å². The average Bonchev–Trinajstić information content (AvgIpc) is 3.24. The predicted molar refractivity (Wildman–Crippen MR) is 106 cm³/mol. The summed E-state index contributed by atoms with van der Waals surface area (Å²) in [4.78, 5) is 13.5. The van der Waals surface area contributed by atoms with Crippen molar-refractivity contribution in [1.82, 2.24) is 25.0 Å². The zero-order valence-electron chi connectivity index (χ0n) is 15.7. The molecule has 1 amide bonds. The first-order valence-corrected chi connectivity index (χ1v) is 9.68. The molecule has 0 bridgehead atoms. The van der Waals surface area contributed by atoms with Crippen LogP contribution in [-0.4, -0.2) is 38.7 Å². The van der Waals surface area contributed by atoms with Crippen molar-refractivity contribution >= 4 is 17.5 Å². The summed E-state index contributed by atoms with van der Waals surface area (Å²) in [5.74, 6) is 3.43. The normalized spacial score (nSPS) is 14.5. The molecule has 28 heavy (non-hydrogen) atoms. The number of hydrogen-bond donors (Lipinski definition) is 1. The second-order valence-corrected chi connectivity index (χ2v) is 7.33. The molecule has 1 aliphatic rings. The van der Waals surface area contributed by atoms with Crippen molar-refractivity contribution in [1.29, 1.82) is 0 Å². The molecular formula is C20H22ClN5O2. The van der Waals surface area contributed by atoms with Crippen molar-refractivity contribution in [3.8, 4) is 11.3 Å². The summed E-state index contributed by atoms with van der Waals surface area (Å²) in [6, 6.07) is 11.7. The van der Waals surface area contributed by atoms with Gasteiger partial charge in [-0.2, -0.15) is 0 Å². The number of furan rings is 1. The van der Waals surface area contributed by atoms with E-state index in [9.17, 15) is 4.79 Å². The van der Waals surface area contributed by atoms with Gasteiger partial charge in [0.15, 0.2) is 5.82 Å². The van der Waals surface area contributed by atoms with Gasteiger partial charge in [0.2, 0.25) is 5.91 Å². The largest absolute Gasteiger partial charge is 0.460 e. The quantitative estimate of drug-likeness (QED) is 0.713. The number of carbonyl (C=O) groups excluding carboxylic acids is 1. The maximum Gasteiger partial charge on any atom is 0.217 e. The van der Waals surface area contributed by atoms with E-state index < -0.39 is 0 Å². The summed E-state index contributed by atoms with van der Waals surface area (Å²) in [6.07, 6.45) is 0.814. The van der Waals surface area contributed by atoms with Crippen LogP contribution >= 0.6 is 11.6 Å². The van der Waals surface area contributed by atoms with Gasteiger partial charge in [-0.25, -0.2) is 0 Å². The Balaban J connectivity index is 1.40. The third-order valence-corrected chi connectivity index (χ3v) is 5.08. The summed E-state index contributed by atoms with van der Waals surface area (Å²) in [6.45, 7) is 5.18. The Morgan fingerprint density at radius 2 is 2.11 bits per heavy atom. The first-order valence-electron chi connectivity index (χ1n) is 9.31. The zero-order chi connectivity index (χ0) is 19.5. The lowest BCUT2D eigenvalue weighted by molar-refractivity contribution is -0.119. The highest BCUT2D eigenvalue weighted by molar-refractivity contribution is 6.30. The van der Waals surface area contributed by atoms with Crippen molar-refractivity contribution in [3.63, 3.8) is 0 Å². The fourth-order valence-corrected chi connectivity index (χ4v) is 3.59. The van der Waals surface area contributed by atoms with E-state index in [4.69, 9.17) is 16.0 Å². The molecule has 3 heterocycles. The Hall–Kier alpha value is -2.64. The summed E-state index contributed by atoms with van der Waals surface area (Å²) in [5, 5.41) is 12.0. The van der Waals surface area contributed by atoms with Crippen LogP contribution in [0.5, 0.6) is 0 Å². The Morgan fingerprint density at radius 1 is 1.21 bits per heavy atom. The SMILES string of the molecule is CC(=O)NCc1nnc2n1CCN(Cc1ccc(-c3cccc(Cl)c3)o1)CC2. The molecule has 0 saturated carbocycles. The molecule has 1 aromatic carbocycles. The summed E-state index contributed by atoms with van der Waals surface area (Å²) in [7, 11) is 0. The highest BCUT2D eigenvalue weighted by atomic mass is 35.5. The zero-order valence-corrected chi connectivity index (χ0v) is 16.4. The van der Waals surface area contributed by atoms with Crippen LogP contribution in [0.25, 0.3) is 11.3 Å². The number of rotatable bonds is 5. The van der Waals surface area contributed by atoms with Gasteiger partial charge in [0.05, 0.1) is 13.1 Å². The molecule has 0 radical (unpaired) electrons. The Morgan fingerprint density at radius 3 is 2.93 bits per heavy atom. The molecule has 0 spiro atoms. The third kappa shape index (κ3) is 4.26. The number of benzene rings is 1. The number of carbonyl (C=O) groups is 1. The number of fused-ring (bicyclic) bond motifs is 1. The average molecular weight is 400 g/mol. The minimum atomic E-state index is -0.0686. The van der Waals surface area contributed by atoms with E-state index in [1.54, 1.807) is 0 Å². The van der Waals surface area contributed by atoms with Crippen molar-refractivity contribution in [3.05, 3.63) is 58.8 Å². The molecular weight excluding hydrogens is 378 g/mol. The summed E-state index contributed by atoms with van der Waals surface area (Å²) in [5.41, 5.74) is 0.975. The van der Waals surface area contributed by atoms with E-state index in [0.717, 1.165) is 61.3 Å². The number of nitrogens with one attached hydrogen (secondary N) is 1. The highest BCUT2D eigenvalue weighted by Crippen LogP contribution is 2.25. The van der Waals surface area contributed by atoms with Crippen molar-refractivity contribution in [2.75, 3.05) is 13.1 Å². The molecule has 0 saturated heterocycles. The number of aromatic nitrogens is 3. The van der Waals surface area contributed by atoms with E-state index in [1.807, 2.05) is 36.4 Å². The smallest absolute Gasteiger partial charge is 0.217 e.